The lowest BCUT2D eigenvalue weighted by molar-refractivity contribution is 0.602. The molecule has 1 heterocycles. The highest BCUT2D eigenvalue weighted by Gasteiger charge is 2.18. The summed E-state index contributed by atoms with van der Waals surface area (Å²) in [6, 6.07) is 12.6. The van der Waals surface area contributed by atoms with Crippen LogP contribution in [0.15, 0.2) is 53.6 Å². The number of nitrogens with zero attached hydrogens (tertiary/aromatic N) is 1. The van der Waals surface area contributed by atoms with Crippen LogP contribution >= 0.6 is 11.3 Å². The molecule has 0 fully saturated rings. The van der Waals surface area contributed by atoms with Crippen LogP contribution in [0.1, 0.15) is 0 Å². The average Bonchev–Trinajstić information content (AvgIpc) is 2.90. The first-order valence-electron chi connectivity index (χ1n) is 5.49. The van der Waals surface area contributed by atoms with Crippen molar-refractivity contribution in [3.8, 4) is 0 Å². The van der Waals surface area contributed by atoms with Crippen LogP contribution in [0.4, 0.5) is 5.13 Å². The summed E-state index contributed by atoms with van der Waals surface area (Å²) in [4.78, 5) is 4.13. The maximum atomic E-state index is 12.4. The summed E-state index contributed by atoms with van der Waals surface area (Å²) < 4.78 is 27.2. The number of benzene rings is 2. The maximum absolute atomic E-state index is 12.4. The summed E-state index contributed by atoms with van der Waals surface area (Å²) in [5.41, 5.74) is 0. The van der Waals surface area contributed by atoms with Crippen LogP contribution in [-0.2, 0) is 10.0 Å². The van der Waals surface area contributed by atoms with Gasteiger partial charge in [0, 0.05) is 11.6 Å². The molecule has 4 nitrogen and oxygen atoms in total. The van der Waals surface area contributed by atoms with E-state index in [9.17, 15) is 8.42 Å². The zero-order valence-corrected chi connectivity index (χ0v) is 11.3. The molecule has 3 rings (SSSR count). The van der Waals surface area contributed by atoms with Gasteiger partial charge < -0.3 is 0 Å². The minimum atomic E-state index is -3.63. The zero-order valence-electron chi connectivity index (χ0n) is 9.70. The molecule has 0 spiro atoms. The summed E-state index contributed by atoms with van der Waals surface area (Å²) in [6.45, 7) is 0. The fourth-order valence-electron chi connectivity index (χ4n) is 1.84. The molecule has 19 heavy (non-hydrogen) atoms. The Morgan fingerprint density at radius 1 is 1.11 bits per heavy atom. The minimum absolute atomic E-state index is 0.251. The van der Waals surface area contributed by atoms with Gasteiger partial charge in [-0.25, -0.2) is 13.4 Å². The first-order valence-corrected chi connectivity index (χ1v) is 7.79. The number of thiazole rings is 1. The number of nitrogens with one attached hydrogen (secondary N) is 1. The zero-order chi connectivity index (χ0) is 13.3. The van der Waals surface area contributed by atoms with Crippen molar-refractivity contribution in [3.63, 3.8) is 0 Å². The summed E-state index contributed by atoms with van der Waals surface area (Å²) in [6.07, 6.45) is 1.44. The Bertz CT molecular complexity index is 806. The second-order valence-corrected chi connectivity index (χ2v) is 6.34. The number of rotatable bonds is 3. The lowest BCUT2D eigenvalue weighted by Gasteiger charge is -2.08. The number of hydrogen-bond acceptors (Lipinski definition) is 4. The van der Waals surface area contributed by atoms with Gasteiger partial charge in [-0.3, -0.25) is 4.72 Å². The lowest BCUT2D eigenvalue weighted by Crippen LogP contribution is -2.13. The van der Waals surface area contributed by atoms with E-state index in [0.717, 1.165) is 16.7 Å². The minimum Gasteiger partial charge on any atom is -0.255 e. The number of fused-ring (bicyclic) bond motifs is 1. The summed E-state index contributed by atoms with van der Waals surface area (Å²) in [7, 11) is -3.63. The smallest absolute Gasteiger partial charge is 0.255 e. The van der Waals surface area contributed by atoms with Crippen molar-refractivity contribution in [1.82, 2.24) is 4.98 Å². The van der Waals surface area contributed by atoms with Gasteiger partial charge in [0.1, 0.15) is 0 Å². The standard InChI is InChI=1S/C13H9N2O2S2/c16-19(17,15-13-14-8-9-18-13)12-7-3-5-10-4-1-2-6-11(10)12/h1-8H,(H,14,15). The van der Waals surface area contributed by atoms with Gasteiger partial charge in [0.05, 0.1) is 10.3 Å². The molecule has 0 saturated carbocycles. The fraction of sp³-hybridized carbons (Fsp3) is 0. The van der Waals surface area contributed by atoms with Crippen molar-refractivity contribution in [2.45, 2.75) is 4.90 Å². The van der Waals surface area contributed by atoms with Crippen molar-refractivity contribution in [2.24, 2.45) is 0 Å². The second kappa shape index (κ2) is 4.64. The molecule has 2 aromatic carbocycles. The largest absolute Gasteiger partial charge is 0.264 e. The van der Waals surface area contributed by atoms with E-state index in [-0.39, 0.29) is 4.90 Å². The molecule has 0 aliphatic heterocycles. The van der Waals surface area contributed by atoms with E-state index < -0.39 is 10.0 Å². The van der Waals surface area contributed by atoms with E-state index >= 15 is 0 Å². The van der Waals surface area contributed by atoms with E-state index in [2.05, 4.69) is 15.1 Å². The van der Waals surface area contributed by atoms with Crippen LogP contribution in [0.3, 0.4) is 0 Å². The quantitative estimate of drug-likeness (QED) is 0.806. The first-order chi connectivity index (χ1) is 9.17. The van der Waals surface area contributed by atoms with E-state index in [1.165, 1.54) is 6.20 Å². The summed E-state index contributed by atoms with van der Waals surface area (Å²) >= 11 is 1.12. The third-order valence-electron chi connectivity index (χ3n) is 2.65. The van der Waals surface area contributed by atoms with Gasteiger partial charge in [-0.1, -0.05) is 47.7 Å². The molecular weight excluding hydrogens is 280 g/mol. The van der Waals surface area contributed by atoms with Crippen molar-refractivity contribution in [1.29, 1.82) is 0 Å². The van der Waals surface area contributed by atoms with Crippen molar-refractivity contribution >= 4 is 37.3 Å². The van der Waals surface area contributed by atoms with Gasteiger partial charge in [-0.05, 0) is 11.5 Å². The third-order valence-corrected chi connectivity index (χ3v) is 4.80. The van der Waals surface area contributed by atoms with Crippen molar-refractivity contribution in [3.05, 3.63) is 54.0 Å². The van der Waals surface area contributed by atoms with Crippen LogP contribution in [0.2, 0.25) is 0 Å². The highest BCUT2D eigenvalue weighted by atomic mass is 32.2. The Labute approximate surface area is 114 Å². The van der Waals surface area contributed by atoms with Crippen LogP contribution in [0.5, 0.6) is 0 Å². The SMILES string of the molecule is O=S(=O)(Nc1nc[c]s1)c1cccc2ccccc12. The third kappa shape index (κ3) is 2.32. The molecule has 0 saturated heterocycles. The van der Waals surface area contributed by atoms with Crippen LogP contribution in [0.25, 0.3) is 10.8 Å². The first kappa shape index (κ1) is 12.1. The Morgan fingerprint density at radius 2 is 1.89 bits per heavy atom. The van der Waals surface area contributed by atoms with E-state index in [4.69, 9.17) is 0 Å². The Morgan fingerprint density at radius 3 is 2.68 bits per heavy atom. The fourth-order valence-corrected chi connectivity index (χ4v) is 3.78. The maximum Gasteiger partial charge on any atom is 0.264 e. The van der Waals surface area contributed by atoms with Crippen LogP contribution in [0, 0.1) is 5.38 Å². The number of aromatic nitrogens is 1. The van der Waals surface area contributed by atoms with Crippen LogP contribution < -0.4 is 4.72 Å². The predicted molar refractivity (Wildman–Crippen MR) is 75.7 cm³/mol. The van der Waals surface area contributed by atoms with E-state index in [1.54, 1.807) is 18.2 Å². The highest BCUT2D eigenvalue weighted by Crippen LogP contribution is 2.25. The molecule has 0 atom stereocenters. The van der Waals surface area contributed by atoms with Gasteiger partial charge in [-0.2, -0.15) is 0 Å². The molecule has 0 bridgehead atoms. The van der Waals surface area contributed by atoms with Crippen molar-refractivity contribution < 1.29 is 8.42 Å². The van der Waals surface area contributed by atoms with Gasteiger partial charge in [0.15, 0.2) is 5.13 Å². The molecule has 1 radical (unpaired) electrons. The molecule has 6 heteroatoms. The summed E-state index contributed by atoms with van der Waals surface area (Å²) in [5.74, 6) is 0. The molecule has 1 N–H and O–H groups in total. The molecule has 3 aromatic rings. The van der Waals surface area contributed by atoms with Gasteiger partial charge in [0.2, 0.25) is 0 Å². The molecule has 95 valence electrons. The van der Waals surface area contributed by atoms with Crippen molar-refractivity contribution in [2.75, 3.05) is 4.72 Å². The number of sulfonamides is 1. The number of anilines is 1. The van der Waals surface area contributed by atoms with E-state index in [1.807, 2.05) is 24.3 Å². The molecule has 0 amide bonds. The van der Waals surface area contributed by atoms with Gasteiger partial charge >= 0.3 is 0 Å². The lowest BCUT2D eigenvalue weighted by atomic mass is 10.1. The summed E-state index contributed by atoms with van der Waals surface area (Å²) in [5, 5.41) is 4.64. The van der Waals surface area contributed by atoms with Gasteiger partial charge in [-0.15, -0.1) is 0 Å². The topological polar surface area (TPSA) is 59.1 Å². The predicted octanol–water partition coefficient (Wildman–Crippen LogP) is 2.90. The molecular formula is C13H9N2O2S2. The second-order valence-electron chi connectivity index (χ2n) is 3.87. The van der Waals surface area contributed by atoms with Crippen LogP contribution in [-0.4, -0.2) is 13.4 Å². The van der Waals surface area contributed by atoms with E-state index in [0.29, 0.717) is 10.5 Å². The average molecular weight is 289 g/mol. The Kier molecular flexibility index (Phi) is 2.96. The van der Waals surface area contributed by atoms with Gasteiger partial charge in [0.25, 0.3) is 10.0 Å². The monoisotopic (exact) mass is 289 g/mol. The molecule has 1 aromatic heterocycles. The normalized spacial score (nSPS) is 11.6. The molecule has 0 aliphatic carbocycles. The molecule has 0 aliphatic rings. The highest BCUT2D eigenvalue weighted by molar-refractivity contribution is 7.93. The molecule has 0 unspecified atom stereocenters. The Hall–Kier alpha value is -1.92. The Balaban J connectivity index is 2.13. The number of hydrogen-bond donors (Lipinski definition) is 1.